The van der Waals surface area contributed by atoms with Gasteiger partial charge < -0.3 is 14.7 Å². The SMILES string of the molecule is CSc1ccc(Cl)c(C(=O)N2CCOCC2C(=O)O)c1. The van der Waals surface area contributed by atoms with Gasteiger partial charge in [0.05, 0.1) is 23.8 Å². The molecule has 0 saturated carbocycles. The first-order valence-electron chi connectivity index (χ1n) is 5.99. The minimum Gasteiger partial charge on any atom is -0.480 e. The highest BCUT2D eigenvalue weighted by molar-refractivity contribution is 7.98. The van der Waals surface area contributed by atoms with Crippen LogP contribution in [0.4, 0.5) is 0 Å². The molecule has 1 aliphatic heterocycles. The number of carbonyl (C=O) groups excluding carboxylic acids is 1. The lowest BCUT2D eigenvalue weighted by atomic mass is 10.1. The molecule has 7 heteroatoms. The number of benzene rings is 1. The van der Waals surface area contributed by atoms with Crippen molar-refractivity contribution in [1.29, 1.82) is 0 Å². The number of aliphatic carboxylic acids is 1. The Morgan fingerprint density at radius 2 is 2.25 bits per heavy atom. The summed E-state index contributed by atoms with van der Waals surface area (Å²) in [6.07, 6.45) is 1.90. The van der Waals surface area contributed by atoms with Gasteiger partial charge in [0, 0.05) is 11.4 Å². The summed E-state index contributed by atoms with van der Waals surface area (Å²) in [5, 5.41) is 9.49. The molecule has 1 aliphatic rings. The van der Waals surface area contributed by atoms with E-state index in [1.165, 1.54) is 16.7 Å². The van der Waals surface area contributed by atoms with Crippen LogP contribution < -0.4 is 0 Å². The van der Waals surface area contributed by atoms with E-state index in [0.29, 0.717) is 17.2 Å². The van der Waals surface area contributed by atoms with E-state index in [4.69, 9.17) is 21.4 Å². The number of hydrogen-bond donors (Lipinski definition) is 1. The number of morpholine rings is 1. The van der Waals surface area contributed by atoms with Crippen LogP contribution in [0.5, 0.6) is 0 Å². The number of carboxylic acids is 1. The zero-order chi connectivity index (χ0) is 14.7. The molecule has 5 nitrogen and oxygen atoms in total. The Bertz CT molecular complexity index is 537. The van der Waals surface area contributed by atoms with Gasteiger partial charge in [-0.1, -0.05) is 11.6 Å². The summed E-state index contributed by atoms with van der Waals surface area (Å²) in [6.45, 7) is 0.575. The maximum atomic E-state index is 12.5. The average Bonchev–Trinajstić information content (AvgIpc) is 2.47. The Labute approximate surface area is 125 Å². The standard InChI is InChI=1S/C13H14ClNO4S/c1-20-8-2-3-10(14)9(6-8)12(16)15-4-5-19-7-11(15)13(17)18/h2-3,6,11H,4-5,7H2,1H3,(H,17,18). The molecule has 0 aliphatic carbocycles. The summed E-state index contributed by atoms with van der Waals surface area (Å²) in [5.74, 6) is -1.45. The zero-order valence-corrected chi connectivity index (χ0v) is 12.4. The number of rotatable bonds is 3. The molecule has 1 aromatic carbocycles. The van der Waals surface area contributed by atoms with Crippen molar-refractivity contribution in [3.8, 4) is 0 Å². The van der Waals surface area contributed by atoms with E-state index in [1.54, 1.807) is 12.1 Å². The Kier molecular flexibility index (Phi) is 4.91. The molecule has 0 radical (unpaired) electrons. The third kappa shape index (κ3) is 3.08. The third-order valence-electron chi connectivity index (χ3n) is 3.08. The summed E-state index contributed by atoms with van der Waals surface area (Å²) in [4.78, 5) is 25.9. The second-order valence-corrected chi connectivity index (χ2v) is 5.56. The van der Waals surface area contributed by atoms with Gasteiger partial charge in [-0.05, 0) is 24.5 Å². The number of ether oxygens (including phenoxy) is 1. The van der Waals surface area contributed by atoms with Crippen LogP contribution in [0.15, 0.2) is 23.1 Å². The lowest BCUT2D eigenvalue weighted by Crippen LogP contribution is -2.52. The maximum Gasteiger partial charge on any atom is 0.328 e. The van der Waals surface area contributed by atoms with E-state index in [1.807, 2.05) is 12.3 Å². The normalized spacial score (nSPS) is 18.9. The molecule has 1 unspecified atom stereocenters. The number of amides is 1. The van der Waals surface area contributed by atoms with Gasteiger partial charge in [-0.15, -0.1) is 11.8 Å². The van der Waals surface area contributed by atoms with Crippen LogP contribution in [-0.2, 0) is 9.53 Å². The van der Waals surface area contributed by atoms with E-state index in [2.05, 4.69) is 0 Å². The lowest BCUT2D eigenvalue weighted by Gasteiger charge is -2.33. The molecule has 0 spiro atoms. The largest absolute Gasteiger partial charge is 0.480 e. The van der Waals surface area contributed by atoms with Crippen molar-refractivity contribution < 1.29 is 19.4 Å². The number of halogens is 1. The Hall–Kier alpha value is -1.24. The third-order valence-corrected chi connectivity index (χ3v) is 4.13. The monoisotopic (exact) mass is 315 g/mol. The predicted molar refractivity (Wildman–Crippen MR) is 76.5 cm³/mol. The first-order valence-corrected chi connectivity index (χ1v) is 7.60. The minimum absolute atomic E-state index is 0.000904. The molecule has 20 heavy (non-hydrogen) atoms. The number of carbonyl (C=O) groups is 2. The molecule has 1 heterocycles. The highest BCUT2D eigenvalue weighted by Gasteiger charge is 2.34. The quantitative estimate of drug-likeness (QED) is 0.864. The summed E-state index contributed by atoms with van der Waals surface area (Å²) in [7, 11) is 0. The molecular formula is C13H14ClNO4S. The van der Waals surface area contributed by atoms with E-state index < -0.39 is 12.0 Å². The molecule has 2 rings (SSSR count). The van der Waals surface area contributed by atoms with Gasteiger partial charge in [-0.2, -0.15) is 0 Å². The van der Waals surface area contributed by atoms with Gasteiger partial charge in [-0.3, -0.25) is 4.79 Å². The molecule has 0 bridgehead atoms. The first kappa shape index (κ1) is 15.2. The van der Waals surface area contributed by atoms with Crippen LogP contribution in [0.25, 0.3) is 0 Å². The number of hydrogen-bond acceptors (Lipinski definition) is 4. The fourth-order valence-corrected chi connectivity index (χ4v) is 2.64. The first-order chi connectivity index (χ1) is 9.54. The highest BCUT2D eigenvalue weighted by atomic mass is 35.5. The van der Waals surface area contributed by atoms with Gasteiger partial charge in [0.1, 0.15) is 0 Å². The van der Waals surface area contributed by atoms with Crippen molar-refractivity contribution in [2.24, 2.45) is 0 Å². The molecular weight excluding hydrogens is 302 g/mol. The second kappa shape index (κ2) is 6.47. The molecule has 1 aromatic rings. The van der Waals surface area contributed by atoms with Crippen LogP contribution in [0, 0.1) is 0 Å². The van der Waals surface area contributed by atoms with Crippen LogP contribution in [0.1, 0.15) is 10.4 Å². The Morgan fingerprint density at radius 1 is 1.50 bits per heavy atom. The van der Waals surface area contributed by atoms with Crippen LogP contribution in [0.3, 0.4) is 0 Å². The van der Waals surface area contributed by atoms with Crippen LogP contribution in [0.2, 0.25) is 5.02 Å². The Balaban J connectivity index is 2.31. The lowest BCUT2D eigenvalue weighted by molar-refractivity contribution is -0.147. The van der Waals surface area contributed by atoms with E-state index in [0.717, 1.165) is 4.90 Å². The second-order valence-electron chi connectivity index (χ2n) is 4.27. The summed E-state index contributed by atoms with van der Waals surface area (Å²) >= 11 is 7.55. The number of carboxylic acid groups (broad SMARTS) is 1. The molecule has 1 N–H and O–H groups in total. The van der Waals surface area contributed by atoms with Crippen molar-refractivity contribution in [2.45, 2.75) is 10.9 Å². The van der Waals surface area contributed by atoms with Gasteiger partial charge in [-0.25, -0.2) is 4.79 Å². The van der Waals surface area contributed by atoms with Crippen LogP contribution in [-0.4, -0.2) is 53.9 Å². The highest BCUT2D eigenvalue weighted by Crippen LogP contribution is 2.25. The zero-order valence-electron chi connectivity index (χ0n) is 10.8. The predicted octanol–water partition coefficient (Wildman–Crippen LogP) is 1.99. The molecule has 1 atom stereocenters. The summed E-state index contributed by atoms with van der Waals surface area (Å²) in [5.41, 5.74) is 0.326. The molecule has 108 valence electrons. The minimum atomic E-state index is -1.07. The molecule has 1 amide bonds. The average molecular weight is 316 g/mol. The van der Waals surface area contributed by atoms with E-state index in [9.17, 15) is 9.59 Å². The van der Waals surface area contributed by atoms with E-state index in [-0.39, 0.29) is 19.1 Å². The molecule has 0 aromatic heterocycles. The van der Waals surface area contributed by atoms with Gasteiger partial charge >= 0.3 is 5.97 Å². The Morgan fingerprint density at radius 3 is 2.90 bits per heavy atom. The summed E-state index contributed by atoms with van der Waals surface area (Å²) in [6, 6.07) is 4.18. The van der Waals surface area contributed by atoms with Crippen LogP contribution >= 0.6 is 23.4 Å². The molecule has 1 saturated heterocycles. The summed E-state index contributed by atoms with van der Waals surface area (Å²) < 4.78 is 5.12. The fourth-order valence-electron chi connectivity index (χ4n) is 2.00. The molecule has 1 fully saturated rings. The number of nitrogens with zero attached hydrogens (tertiary/aromatic N) is 1. The van der Waals surface area contributed by atoms with Crippen molar-refractivity contribution in [3.63, 3.8) is 0 Å². The van der Waals surface area contributed by atoms with Gasteiger partial charge in [0.15, 0.2) is 6.04 Å². The van der Waals surface area contributed by atoms with Crippen molar-refractivity contribution in [1.82, 2.24) is 4.90 Å². The topological polar surface area (TPSA) is 66.8 Å². The smallest absolute Gasteiger partial charge is 0.328 e. The number of thioether (sulfide) groups is 1. The van der Waals surface area contributed by atoms with Crippen molar-refractivity contribution in [3.05, 3.63) is 28.8 Å². The van der Waals surface area contributed by atoms with Crippen molar-refractivity contribution >= 4 is 35.2 Å². The van der Waals surface area contributed by atoms with E-state index >= 15 is 0 Å². The maximum absolute atomic E-state index is 12.5. The fraction of sp³-hybridized carbons (Fsp3) is 0.385. The van der Waals surface area contributed by atoms with Gasteiger partial charge in [0.2, 0.25) is 0 Å². The van der Waals surface area contributed by atoms with Crippen molar-refractivity contribution in [2.75, 3.05) is 26.0 Å². The van der Waals surface area contributed by atoms with Gasteiger partial charge in [0.25, 0.3) is 5.91 Å².